The fourth-order valence-corrected chi connectivity index (χ4v) is 8.34. The van der Waals surface area contributed by atoms with E-state index in [2.05, 4.69) is 16.3 Å². The van der Waals surface area contributed by atoms with Crippen LogP contribution in [-0.4, -0.2) is 120 Å². The summed E-state index contributed by atoms with van der Waals surface area (Å²) in [5.41, 5.74) is 4.87. The van der Waals surface area contributed by atoms with Crippen LogP contribution in [0.25, 0.3) is 0 Å². The zero-order valence-corrected chi connectivity index (χ0v) is 31.6. The van der Waals surface area contributed by atoms with E-state index in [1.807, 2.05) is 60.9 Å². The average molecular weight is 720 g/mol. The van der Waals surface area contributed by atoms with Gasteiger partial charge in [-0.1, -0.05) is 43.7 Å². The van der Waals surface area contributed by atoms with Gasteiger partial charge in [0.2, 0.25) is 5.91 Å². The van der Waals surface area contributed by atoms with Gasteiger partial charge in [0, 0.05) is 56.4 Å². The van der Waals surface area contributed by atoms with Crippen LogP contribution in [0.5, 0.6) is 5.75 Å². The van der Waals surface area contributed by atoms with Crippen LogP contribution in [0.2, 0.25) is 0 Å². The van der Waals surface area contributed by atoms with Crippen molar-refractivity contribution < 1.29 is 33.8 Å². The number of hydrogen-bond acceptors (Lipinski definition) is 8. The summed E-state index contributed by atoms with van der Waals surface area (Å²) in [5, 5.41) is 13.0. The topological polar surface area (TPSA) is 132 Å². The van der Waals surface area contributed by atoms with Crippen LogP contribution in [0.4, 0.5) is 15.3 Å². The molecule has 0 aromatic heterocycles. The van der Waals surface area contributed by atoms with Crippen molar-refractivity contribution in [3.05, 3.63) is 58.7 Å². The number of aryl methyl sites for hydroxylation is 2. The molecule has 0 aliphatic carbocycles. The van der Waals surface area contributed by atoms with Gasteiger partial charge in [0.1, 0.15) is 11.8 Å². The number of phenolic OH excluding ortho intramolecular Hbond substituents is 1. The van der Waals surface area contributed by atoms with Gasteiger partial charge >= 0.3 is 18.1 Å². The van der Waals surface area contributed by atoms with Crippen molar-refractivity contribution in [2.45, 2.75) is 96.7 Å². The first-order valence-corrected chi connectivity index (χ1v) is 18.9. The van der Waals surface area contributed by atoms with Gasteiger partial charge in [-0.25, -0.2) is 9.59 Å². The SMILES string of the molecule is COC(=O)N1CCC(N2CCc3ccccc3NC2=O)CC1.COC(=O)[C@@H]1CCCCN1C1CCN(C(=O)[C@H](C)Cc2cc(C)c(O)c(C)c2)CC1. The van der Waals surface area contributed by atoms with Gasteiger partial charge in [0.25, 0.3) is 0 Å². The number of nitrogens with one attached hydrogen (secondary N) is 1. The number of hydrogen-bond donors (Lipinski definition) is 2. The molecule has 2 aromatic carbocycles. The van der Waals surface area contributed by atoms with E-state index in [0.29, 0.717) is 37.8 Å². The number of ether oxygens (including phenoxy) is 2. The lowest BCUT2D eigenvalue weighted by Gasteiger charge is -2.43. The molecule has 4 amide bonds. The summed E-state index contributed by atoms with van der Waals surface area (Å²) < 4.78 is 9.77. The number of piperidine rings is 3. The second-order valence-electron chi connectivity index (χ2n) is 14.7. The van der Waals surface area contributed by atoms with Crippen LogP contribution >= 0.6 is 0 Å². The smallest absolute Gasteiger partial charge is 0.409 e. The molecule has 4 aliphatic heterocycles. The van der Waals surface area contributed by atoms with Gasteiger partial charge in [-0.05, 0) is 100 Å². The Morgan fingerprint density at radius 1 is 0.846 bits per heavy atom. The van der Waals surface area contributed by atoms with Crippen LogP contribution in [0.3, 0.4) is 0 Å². The maximum atomic E-state index is 13.0. The van der Waals surface area contributed by atoms with E-state index in [1.54, 1.807) is 4.90 Å². The Morgan fingerprint density at radius 2 is 1.48 bits per heavy atom. The van der Waals surface area contributed by atoms with Crippen LogP contribution < -0.4 is 5.32 Å². The molecule has 2 aromatic rings. The molecular formula is C40H57N5O7. The zero-order valence-electron chi connectivity index (χ0n) is 31.6. The molecular weight excluding hydrogens is 662 g/mol. The third-order valence-electron chi connectivity index (χ3n) is 11.3. The van der Waals surface area contributed by atoms with Gasteiger partial charge in [-0.3, -0.25) is 14.5 Å². The van der Waals surface area contributed by atoms with E-state index in [-0.39, 0.29) is 42.0 Å². The lowest BCUT2D eigenvalue weighted by atomic mass is 9.93. The highest BCUT2D eigenvalue weighted by Crippen LogP contribution is 2.29. The molecule has 12 nitrogen and oxygen atoms in total. The number of anilines is 1. The number of rotatable bonds is 6. The monoisotopic (exact) mass is 719 g/mol. The second-order valence-corrected chi connectivity index (χ2v) is 14.7. The number of benzene rings is 2. The molecule has 12 heteroatoms. The van der Waals surface area contributed by atoms with Crippen LogP contribution in [-0.2, 0) is 31.9 Å². The van der Waals surface area contributed by atoms with Gasteiger partial charge in [-0.15, -0.1) is 0 Å². The number of urea groups is 1. The molecule has 0 radical (unpaired) electrons. The highest BCUT2D eigenvalue weighted by Gasteiger charge is 2.37. The first-order valence-electron chi connectivity index (χ1n) is 18.9. The molecule has 4 heterocycles. The van der Waals surface area contributed by atoms with Crippen LogP contribution in [0.15, 0.2) is 36.4 Å². The first-order chi connectivity index (χ1) is 25.0. The van der Waals surface area contributed by atoms with E-state index < -0.39 is 0 Å². The fraction of sp³-hybridized carbons (Fsp3) is 0.600. The van der Waals surface area contributed by atoms with Crippen molar-refractivity contribution in [2.75, 3.05) is 58.8 Å². The number of aromatic hydroxyl groups is 1. The van der Waals surface area contributed by atoms with E-state index in [4.69, 9.17) is 9.47 Å². The van der Waals surface area contributed by atoms with Gasteiger partial charge in [0.05, 0.1) is 14.2 Å². The summed E-state index contributed by atoms with van der Waals surface area (Å²) in [7, 11) is 2.86. The van der Waals surface area contributed by atoms with Gasteiger partial charge < -0.3 is 34.6 Å². The number of carbonyl (C=O) groups excluding carboxylic acids is 4. The molecule has 3 fully saturated rings. The molecule has 284 valence electrons. The second kappa shape index (κ2) is 17.9. The standard InChI is InChI=1S/C24H36N2O4.C16H21N3O3/c1-16-13-19(14-17(2)22(16)27)15-18(3)23(28)25-11-8-20(9-12-25)26-10-6-5-7-21(26)24(29)30-4;1-22-16(21)18-9-7-13(8-10-18)19-11-6-12-4-2-3-5-14(12)17-15(19)20/h13-14,18,20-21,27H,5-12,15H2,1-4H3;2-5,13H,6-11H2,1H3,(H,17,20)/t18-,21+;/m1./s1. The van der Waals surface area contributed by atoms with E-state index >= 15 is 0 Å². The van der Waals surface area contributed by atoms with Crippen LogP contribution in [0, 0.1) is 19.8 Å². The minimum Gasteiger partial charge on any atom is -0.507 e. The normalized spacial score (nSPS) is 20.8. The third-order valence-corrected chi connectivity index (χ3v) is 11.3. The molecule has 0 spiro atoms. The zero-order chi connectivity index (χ0) is 37.4. The maximum Gasteiger partial charge on any atom is 0.409 e. The lowest BCUT2D eigenvalue weighted by Crippen LogP contribution is -2.54. The van der Waals surface area contributed by atoms with E-state index in [1.165, 1.54) is 19.8 Å². The van der Waals surface area contributed by atoms with Crippen molar-refractivity contribution in [3.63, 3.8) is 0 Å². The van der Waals surface area contributed by atoms with Gasteiger partial charge in [0.15, 0.2) is 0 Å². The summed E-state index contributed by atoms with van der Waals surface area (Å²) in [4.78, 5) is 57.1. The number of esters is 1. The Morgan fingerprint density at radius 3 is 2.13 bits per heavy atom. The van der Waals surface area contributed by atoms with Crippen molar-refractivity contribution >= 4 is 29.7 Å². The Bertz CT molecular complexity index is 1540. The van der Waals surface area contributed by atoms with E-state index in [0.717, 1.165) is 93.4 Å². The Labute approximate surface area is 308 Å². The largest absolute Gasteiger partial charge is 0.507 e. The van der Waals surface area contributed by atoms with E-state index in [9.17, 15) is 24.3 Å². The fourth-order valence-electron chi connectivity index (χ4n) is 8.34. The third kappa shape index (κ3) is 9.36. The number of para-hydroxylation sites is 1. The summed E-state index contributed by atoms with van der Waals surface area (Å²) in [6.07, 6.45) is 7.70. The summed E-state index contributed by atoms with van der Waals surface area (Å²) in [5.74, 6) is 0.312. The molecule has 0 bridgehead atoms. The van der Waals surface area contributed by atoms with Crippen molar-refractivity contribution in [1.82, 2.24) is 19.6 Å². The number of nitrogens with zero attached hydrogens (tertiary/aromatic N) is 4. The summed E-state index contributed by atoms with van der Waals surface area (Å²) in [6.45, 7) is 10.2. The van der Waals surface area contributed by atoms with Crippen molar-refractivity contribution in [2.24, 2.45) is 5.92 Å². The Balaban J connectivity index is 0.000000210. The Hall–Kier alpha value is -4.32. The molecule has 6 rings (SSSR count). The number of amides is 4. The average Bonchev–Trinajstić information content (AvgIpc) is 3.34. The number of likely N-dealkylation sites (tertiary alicyclic amines) is 3. The predicted octanol–water partition coefficient (Wildman–Crippen LogP) is 5.51. The molecule has 3 saturated heterocycles. The van der Waals surface area contributed by atoms with Crippen LogP contribution in [0.1, 0.15) is 74.1 Å². The predicted molar refractivity (Wildman–Crippen MR) is 199 cm³/mol. The molecule has 2 N–H and O–H groups in total. The molecule has 2 atom stereocenters. The molecule has 0 unspecified atom stereocenters. The highest BCUT2D eigenvalue weighted by atomic mass is 16.5. The summed E-state index contributed by atoms with van der Waals surface area (Å²) >= 11 is 0. The minimum absolute atomic E-state index is 0.0403. The maximum absolute atomic E-state index is 13.0. The number of fused-ring (bicyclic) bond motifs is 1. The highest BCUT2D eigenvalue weighted by molar-refractivity contribution is 5.91. The minimum atomic E-state index is -0.286. The molecule has 4 aliphatic rings. The molecule has 0 saturated carbocycles. The summed E-state index contributed by atoms with van der Waals surface area (Å²) in [6, 6.07) is 12.2. The lowest BCUT2D eigenvalue weighted by molar-refractivity contribution is -0.151. The quantitative estimate of drug-likeness (QED) is 0.374. The number of phenols is 1. The number of carbonyl (C=O) groups is 4. The first kappa shape index (κ1) is 38.9. The van der Waals surface area contributed by atoms with Crippen molar-refractivity contribution in [3.8, 4) is 5.75 Å². The van der Waals surface area contributed by atoms with Gasteiger partial charge in [-0.2, -0.15) is 0 Å². The Kier molecular flexibility index (Phi) is 13.4. The molecule has 52 heavy (non-hydrogen) atoms. The number of methoxy groups -OCH3 is 2. The van der Waals surface area contributed by atoms with Crippen molar-refractivity contribution in [1.29, 1.82) is 0 Å².